The summed E-state index contributed by atoms with van der Waals surface area (Å²) in [6, 6.07) is 17.4. The fraction of sp³-hybridized carbons (Fsp3) is 0.136. The molecule has 0 bridgehead atoms. The van der Waals surface area contributed by atoms with Crippen LogP contribution >= 0.6 is 11.8 Å². The second kappa shape index (κ2) is 8.31. The first-order valence-electron chi connectivity index (χ1n) is 9.95. The van der Waals surface area contributed by atoms with E-state index in [4.69, 9.17) is 0 Å². The minimum atomic E-state index is -0.437. The fourth-order valence-electron chi connectivity index (χ4n) is 3.46. The standard InChI is InChI=1S/C22H19N7O2S/c1-15-16(12-27(25-15)17-7-3-2-4-8-17)11-23-24-21(30)13-28-22(31)29-18-9-5-6-10-19(18)32-14-20(29)26-28/h2-12H,13-14H2,1H3,(H,24,30)/b23-11-. The number of nitrogens with zero attached hydrogens (tertiary/aromatic N) is 6. The quantitative estimate of drug-likeness (QED) is 0.375. The number of nitrogens with one attached hydrogen (secondary N) is 1. The van der Waals surface area contributed by atoms with Crippen LogP contribution in [0.2, 0.25) is 0 Å². The predicted molar refractivity (Wildman–Crippen MR) is 121 cm³/mol. The molecule has 3 heterocycles. The first-order valence-corrected chi connectivity index (χ1v) is 10.9. The molecule has 1 aliphatic rings. The highest BCUT2D eigenvalue weighted by Crippen LogP contribution is 2.32. The molecule has 10 heteroatoms. The monoisotopic (exact) mass is 445 g/mol. The summed E-state index contributed by atoms with van der Waals surface area (Å²) in [5, 5.41) is 12.8. The highest BCUT2D eigenvalue weighted by atomic mass is 32.2. The van der Waals surface area contributed by atoms with Gasteiger partial charge in [0, 0.05) is 16.7 Å². The average molecular weight is 446 g/mol. The van der Waals surface area contributed by atoms with Crippen molar-refractivity contribution in [2.45, 2.75) is 24.1 Å². The molecule has 1 N–H and O–H groups in total. The molecular weight excluding hydrogens is 426 g/mol. The molecule has 160 valence electrons. The number of aromatic nitrogens is 5. The Bertz CT molecular complexity index is 1390. The number of hydrogen-bond acceptors (Lipinski definition) is 6. The van der Waals surface area contributed by atoms with E-state index in [-0.39, 0.29) is 12.2 Å². The van der Waals surface area contributed by atoms with E-state index in [1.54, 1.807) is 21.0 Å². The van der Waals surface area contributed by atoms with Gasteiger partial charge < -0.3 is 0 Å². The molecule has 0 unspecified atom stereocenters. The lowest BCUT2D eigenvalue weighted by Crippen LogP contribution is -2.31. The van der Waals surface area contributed by atoms with Gasteiger partial charge in [-0.3, -0.25) is 4.79 Å². The molecule has 0 saturated heterocycles. The van der Waals surface area contributed by atoms with E-state index < -0.39 is 5.91 Å². The zero-order valence-electron chi connectivity index (χ0n) is 17.2. The molecule has 5 rings (SSSR count). The Balaban J connectivity index is 1.28. The summed E-state index contributed by atoms with van der Waals surface area (Å²) in [4.78, 5) is 26.2. The molecular formula is C22H19N7O2S. The van der Waals surface area contributed by atoms with E-state index in [1.165, 1.54) is 10.9 Å². The van der Waals surface area contributed by atoms with Crippen molar-refractivity contribution in [2.75, 3.05) is 0 Å². The summed E-state index contributed by atoms with van der Waals surface area (Å²) >= 11 is 1.62. The van der Waals surface area contributed by atoms with Crippen LogP contribution in [-0.2, 0) is 17.1 Å². The van der Waals surface area contributed by atoms with E-state index in [1.807, 2.05) is 67.7 Å². The molecule has 0 radical (unpaired) electrons. The maximum Gasteiger partial charge on any atom is 0.351 e. The van der Waals surface area contributed by atoms with Crippen molar-refractivity contribution in [2.24, 2.45) is 5.10 Å². The fourth-order valence-corrected chi connectivity index (χ4v) is 4.41. The van der Waals surface area contributed by atoms with Gasteiger partial charge in [0.05, 0.1) is 29.0 Å². The van der Waals surface area contributed by atoms with E-state index in [2.05, 4.69) is 20.7 Å². The largest absolute Gasteiger partial charge is 0.351 e. The summed E-state index contributed by atoms with van der Waals surface area (Å²) in [5.74, 6) is 0.760. The zero-order chi connectivity index (χ0) is 22.1. The first kappa shape index (κ1) is 20.0. The Kier molecular flexibility index (Phi) is 5.20. The molecule has 1 aliphatic heterocycles. The molecule has 2 aromatic heterocycles. The van der Waals surface area contributed by atoms with Gasteiger partial charge in [0.15, 0.2) is 0 Å². The van der Waals surface area contributed by atoms with Gasteiger partial charge in [0.1, 0.15) is 12.4 Å². The molecule has 0 saturated carbocycles. The SMILES string of the molecule is Cc1nn(-c2ccccc2)cc1/C=N\NC(=O)Cn1nc2n(c1=O)-c1ccccc1SC2. The molecule has 2 aromatic carbocycles. The summed E-state index contributed by atoms with van der Waals surface area (Å²) in [7, 11) is 0. The van der Waals surface area contributed by atoms with Gasteiger partial charge in [-0.1, -0.05) is 30.3 Å². The van der Waals surface area contributed by atoms with Crippen molar-refractivity contribution in [1.29, 1.82) is 0 Å². The van der Waals surface area contributed by atoms with Crippen molar-refractivity contribution in [1.82, 2.24) is 29.6 Å². The van der Waals surface area contributed by atoms with Crippen molar-refractivity contribution in [3.05, 3.63) is 88.4 Å². The second-order valence-electron chi connectivity index (χ2n) is 7.19. The molecule has 32 heavy (non-hydrogen) atoms. The third-order valence-electron chi connectivity index (χ3n) is 5.01. The second-order valence-corrected chi connectivity index (χ2v) is 8.21. The van der Waals surface area contributed by atoms with Gasteiger partial charge in [-0.15, -0.1) is 11.8 Å². The van der Waals surface area contributed by atoms with Gasteiger partial charge in [-0.2, -0.15) is 15.3 Å². The van der Waals surface area contributed by atoms with Crippen LogP contribution in [0.1, 0.15) is 17.1 Å². The molecule has 0 atom stereocenters. The Labute approximate surface area is 187 Å². The van der Waals surface area contributed by atoms with Gasteiger partial charge >= 0.3 is 5.69 Å². The number of amides is 1. The van der Waals surface area contributed by atoms with Crippen LogP contribution in [0.15, 0.2) is 75.6 Å². The van der Waals surface area contributed by atoms with Crippen LogP contribution in [0.25, 0.3) is 11.4 Å². The van der Waals surface area contributed by atoms with Gasteiger partial charge in [-0.05, 0) is 31.2 Å². The molecule has 0 spiro atoms. The Morgan fingerprint density at radius 3 is 2.78 bits per heavy atom. The van der Waals surface area contributed by atoms with Crippen LogP contribution in [0.4, 0.5) is 0 Å². The van der Waals surface area contributed by atoms with E-state index in [0.717, 1.165) is 27.5 Å². The van der Waals surface area contributed by atoms with Crippen LogP contribution in [0.3, 0.4) is 0 Å². The number of aryl methyl sites for hydroxylation is 1. The van der Waals surface area contributed by atoms with Crippen molar-refractivity contribution in [3.8, 4) is 11.4 Å². The van der Waals surface area contributed by atoms with Gasteiger partial charge in [-0.25, -0.2) is 24.2 Å². The van der Waals surface area contributed by atoms with Crippen LogP contribution in [-0.4, -0.2) is 36.2 Å². The lowest BCUT2D eigenvalue weighted by Gasteiger charge is -2.15. The summed E-state index contributed by atoms with van der Waals surface area (Å²) < 4.78 is 4.48. The summed E-state index contributed by atoms with van der Waals surface area (Å²) in [5.41, 5.74) is 5.40. The number of fused-ring (bicyclic) bond motifs is 3. The molecule has 9 nitrogen and oxygen atoms in total. The number of rotatable bonds is 5. The predicted octanol–water partition coefficient (Wildman–Crippen LogP) is 2.28. The average Bonchev–Trinajstić information content (AvgIpc) is 3.34. The number of hydrogen-bond donors (Lipinski definition) is 1. The Morgan fingerprint density at radius 2 is 1.94 bits per heavy atom. The highest BCUT2D eigenvalue weighted by molar-refractivity contribution is 7.98. The minimum absolute atomic E-state index is 0.217. The maximum atomic E-state index is 12.8. The third kappa shape index (κ3) is 3.76. The first-order chi connectivity index (χ1) is 15.6. The van der Waals surface area contributed by atoms with Crippen molar-refractivity contribution >= 4 is 23.9 Å². The lowest BCUT2D eigenvalue weighted by atomic mass is 10.3. The lowest BCUT2D eigenvalue weighted by molar-refractivity contribution is -0.121. The number of hydrazone groups is 1. The minimum Gasteiger partial charge on any atom is -0.271 e. The number of para-hydroxylation sites is 2. The molecule has 1 amide bonds. The number of carbonyl (C=O) groups is 1. The zero-order valence-corrected chi connectivity index (χ0v) is 18.0. The molecule has 4 aromatic rings. The topological polar surface area (TPSA) is 99.1 Å². The van der Waals surface area contributed by atoms with Crippen LogP contribution in [0.5, 0.6) is 0 Å². The smallest absolute Gasteiger partial charge is 0.271 e. The maximum absolute atomic E-state index is 12.8. The highest BCUT2D eigenvalue weighted by Gasteiger charge is 2.22. The van der Waals surface area contributed by atoms with Crippen molar-refractivity contribution < 1.29 is 4.79 Å². The molecule has 0 aliphatic carbocycles. The Morgan fingerprint density at radius 1 is 1.16 bits per heavy atom. The van der Waals surface area contributed by atoms with E-state index >= 15 is 0 Å². The third-order valence-corrected chi connectivity index (χ3v) is 6.07. The van der Waals surface area contributed by atoms with Crippen LogP contribution in [0, 0.1) is 6.92 Å². The van der Waals surface area contributed by atoms with Crippen molar-refractivity contribution in [3.63, 3.8) is 0 Å². The number of thioether (sulfide) groups is 1. The summed E-state index contributed by atoms with van der Waals surface area (Å²) in [6.07, 6.45) is 3.37. The van der Waals surface area contributed by atoms with Gasteiger partial charge in [0.2, 0.25) is 0 Å². The van der Waals surface area contributed by atoms with Gasteiger partial charge in [0.25, 0.3) is 5.91 Å². The number of carbonyl (C=O) groups excluding carboxylic acids is 1. The normalized spacial score (nSPS) is 12.5. The number of benzene rings is 2. The van der Waals surface area contributed by atoms with E-state index in [0.29, 0.717) is 11.6 Å². The molecule has 0 fully saturated rings. The Hall–Kier alpha value is -3.92. The van der Waals surface area contributed by atoms with E-state index in [9.17, 15) is 9.59 Å². The van der Waals surface area contributed by atoms with Crippen LogP contribution < -0.4 is 11.1 Å². The summed E-state index contributed by atoms with van der Waals surface area (Å²) in [6.45, 7) is 1.65.